The number of amides is 1. The minimum absolute atomic E-state index is 0.00694. The van der Waals surface area contributed by atoms with Gasteiger partial charge in [0.1, 0.15) is 76.5 Å². The molecule has 23 atom stereocenters. The van der Waals surface area contributed by atoms with Crippen LogP contribution in [-0.2, 0) is 81.2 Å². The lowest BCUT2D eigenvalue weighted by Crippen LogP contribution is -2.51. The van der Waals surface area contributed by atoms with Gasteiger partial charge in [-0.25, -0.2) is 28.5 Å². The number of hydrogen-bond acceptors (Lipinski definition) is 27. The number of aromatic amines is 3. The van der Waals surface area contributed by atoms with E-state index in [-0.39, 0.29) is 85.8 Å². The number of aromatic nitrogens is 12. The molecule has 5 aromatic heterocycles. The summed E-state index contributed by atoms with van der Waals surface area (Å²) in [5.74, 6) is 10.2. The third-order valence-electron chi connectivity index (χ3n) is 32.1. The van der Waals surface area contributed by atoms with Gasteiger partial charge in [-0.05, 0) is 162 Å². The monoisotopic (exact) mass is 2060 g/mol. The zero-order chi connectivity index (χ0) is 102. The standard InChI is InChI=1S/C43H64N3O10P.C31H28N5O8P.C30H26N5O8P/c1-26(2)10-8-11-27(3)32-15-16-33-31-14-13-29-22-30(17-19-41(29,4)34(31)18-20-42(32,33)5)54-40(49)44-21-9-12-28-23-46(39(48)45-37(28)47)38-35-36(56-57(7,50)51)43(55-38,24-52-6)25-53-35;1-41-15-31-16-42-26(27(31)44-45(2,39)40)29(43-31)36-13-22(28(37)32-30(36)38)23-14-35(34-33-23)12-20-9-8-19-7-6-17-4-3-5-18-10-11-21(20)25(19)24(17)18;1-40-14-30-15-41-25(26(30)43-44(2,38)39)28(42-30)34-12-20(27(36)31-29(34)37)21-13-35(33-32-21)22-11-9-18-7-6-16-4-3-5-17-8-10-19(22)24(18)23(16)17/h13,23,26-27,30-36,38H,8,10-11,14-22,24-25H2,1-7H3,(H,44,49)(H,50,51)(H,45,47,48);3-11,13-14,26-27,29H,12,15-16H2,1-2H3,(H,39,40)(H,32,37,38);3-13,25-26,28H,14-15H2,1-2H3,(H,38,39)(H,31,36,37)/t27?,30-,31-,32+,33-,34-,35-,36?,38+,41-,42+,43-;26-,27?,29+,31-;25-,26?,28+,30-/m000/s1. The minimum atomic E-state index is -3.96. The molecule has 7 N–H and O–H groups in total. The van der Waals surface area contributed by atoms with E-state index < -0.39 is 135 Å². The second-order valence-electron chi connectivity index (χ2n) is 42.0. The van der Waals surface area contributed by atoms with Crippen molar-refractivity contribution in [3.05, 3.63) is 225 Å². The Morgan fingerprint density at radius 3 is 1.55 bits per heavy atom. The Balaban J connectivity index is 0.000000130. The van der Waals surface area contributed by atoms with Crippen LogP contribution in [0.4, 0.5) is 4.79 Å². The van der Waals surface area contributed by atoms with Crippen molar-refractivity contribution in [3.8, 4) is 40.0 Å². The summed E-state index contributed by atoms with van der Waals surface area (Å²) in [6.07, 6.45) is 13.1. The number of methoxy groups -OCH3 is 3. The Morgan fingerprint density at radius 1 is 0.548 bits per heavy atom. The van der Waals surface area contributed by atoms with Crippen molar-refractivity contribution < 1.29 is 94.1 Å². The number of carbonyl (C=O) groups excluding carboxylic acids is 1. The fraction of sp³-hybridized carbons (Fsp3) is 0.490. The van der Waals surface area contributed by atoms with E-state index in [0.717, 1.165) is 134 Å². The quantitative estimate of drug-likeness (QED) is 0.0109. The largest absolute Gasteiger partial charge is 0.446 e. The van der Waals surface area contributed by atoms with Gasteiger partial charge in [0, 0.05) is 71.7 Å². The molecule has 42 heteroatoms. The van der Waals surface area contributed by atoms with E-state index >= 15 is 0 Å². The highest BCUT2D eigenvalue weighted by atomic mass is 31.2. The molecule has 0 spiro atoms. The van der Waals surface area contributed by atoms with E-state index in [2.05, 4.69) is 184 Å². The second kappa shape index (κ2) is 38.8. The summed E-state index contributed by atoms with van der Waals surface area (Å²) in [6, 6.07) is 37.5. The fourth-order valence-electron chi connectivity index (χ4n) is 25.7. The Kier molecular flexibility index (Phi) is 26.7. The topological polar surface area (TPSA) is 487 Å². The summed E-state index contributed by atoms with van der Waals surface area (Å²) in [6.45, 7) is 15.9. The highest BCUT2D eigenvalue weighted by molar-refractivity contribution is 7.52. The van der Waals surface area contributed by atoms with Crippen LogP contribution in [0.25, 0.3) is 92.8 Å². The summed E-state index contributed by atoms with van der Waals surface area (Å²) >= 11 is 0. The minimum Gasteiger partial charge on any atom is -0.446 e. The van der Waals surface area contributed by atoms with Crippen molar-refractivity contribution in [1.29, 1.82) is 0 Å². The van der Waals surface area contributed by atoms with Crippen LogP contribution >= 0.6 is 22.8 Å². The average molecular weight is 2060 g/mol. The van der Waals surface area contributed by atoms with Crippen LogP contribution in [0.3, 0.4) is 0 Å². The Labute approximate surface area is 836 Å². The first-order chi connectivity index (χ1) is 69.8. The molecule has 23 rings (SSSR count). The number of hydrogen-bond donors (Lipinski definition) is 7. The summed E-state index contributed by atoms with van der Waals surface area (Å²) in [7, 11) is -7.52. The van der Waals surface area contributed by atoms with Crippen molar-refractivity contribution in [2.45, 2.75) is 190 Å². The number of carbonyl (C=O) groups is 1. The molecule has 39 nitrogen and oxygen atoms in total. The van der Waals surface area contributed by atoms with Gasteiger partial charge in [0.15, 0.2) is 18.7 Å². The molecular weight excluding hydrogens is 1940 g/mol. The van der Waals surface area contributed by atoms with Gasteiger partial charge < -0.3 is 67.4 Å². The van der Waals surface area contributed by atoms with E-state index in [0.29, 0.717) is 17.9 Å². The summed E-state index contributed by atoms with van der Waals surface area (Å²) in [5, 5.41) is 33.5. The first-order valence-electron chi connectivity index (χ1n) is 49.4. The predicted molar refractivity (Wildman–Crippen MR) is 540 cm³/mol. The normalized spacial score (nSPS) is 29.8. The van der Waals surface area contributed by atoms with Gasteiger partial charge in [0.2, 0.25) is 0 Å². The number of alkyl carbamates (subject to hydrolysis) is 1. The lowest BCUT2D eigenvalue weighted by molar-refractivity contribution is -0.190. The molecular formula is C104H118N13O26P3. The van der Waals surface area contributed by atoms with Crippen LogP contribution in [-0.4, -0.2) is 226 Å². The fourth-order valence-corrected chi connectivity index (χ4v) is 27.9. The molecule has 9 fully saturated rings. The van der Waals surface area contributed by atoms with Gasteiger partial charge in [-0.2, -0.15) is 0 Å². The van der Waals surface area contributed by atoms with Gasteiger partial charge in [0.25, 0.3) is 16.7 Å². The zero-order valence-corrected chi connectivity index (χ0v) is 85.3. The van der Waals surface area contributed by atoms with Crippen molar-refractivity contribution in [2.75, 3.05) is 87.5 Å². The number of fused-ring (bicyclic) bond motifs is 11. The lowest BCUT2D eigenvalue weighted by atomic mass is 9.47. The number of rotatable bonds is 27. The molecule has 3 saturated carbocycles. The maximum atomic E-state index is 13.0. The molecule has 6 saturated heterocycles. The molecule has 7 unspecified atom stereocenters. The highest BCUT2D eigenvalue weighted by Gasteiger charge is 2.68. The van der Waals surface area contributed by atoms with Crippen LogP contribution in [0, 0.1) is 58.2 Å². The van der Waals surface area contributed by atoms with Crippen molar-refractivity contribution in [3.63, 3.8) is 0 Å². The Morgan fingerprint density at radius 2 is 1.03 bits per heavy atom. The van der Waals surface area contributed by atoms with Gasteiger partial charge in [-0.3, -0.25) is 70.3 Å². The molecule has 4 aliphatic carbocycles. The van der Waals surface area contributed by atoms with Crippen LogP contribution in [0.15, 0.2) is 181 Å². The maximum Gasteiger partial charge on any atom is 0.408 e. The van der Waals surface area contributed by atoms with Crippen molar-refractivity contribution in [1.82, 2.24) is 64.0 Å². The van der Waals surface area contributed by atoms with Gasteiger partial charge in [0.05, 0.1) is 81.9 Å². The maximum absolute atomic E-state index is 13.0. The van der Waals surface area contributed by atoms with E-state index in [1.54, 1.807) is 21.8 Å². The number of nitrogens with zero attached hydrogens (tertiary/aromatic N) is 9. The molecule has 146 heavy (non-hydrogen) atoms. The third-order valence-corrected chi connectivity index (χ3v) is 34.0. The van der Waals surface area contributed by atoms with Crippen molar-refractivity contribution in [2.24, 2.45) is 46.3 Å². The summed E-state index contributed by atoms with van der Waals surface area (Å²) in [4.78, 5) is 127. The van der Waals surface area contributed by atoms with Crippen LogP contribution < -0.4 is 39.1 Å². The van der Waals surface area contributed by atoms with Crippen LogP contribution in [0.5, 0.6) is 0 Å². The van der Waals surface area contributed by atoms with E-state index in [4.69, 9.17) is 60.9 Å². The first kappa shape index (κ1) is 101. The van der Waals surface area contributed by atoms with Crippen LogP contribution in [0.2, 0.25) is 0 Å². The molecule has 8 aromatic carbocycles. The smallest absolute Gasteiger partial charge is 0.408 e. The lowest BCUT2D eigenvalue weighted by Gasteiger charge is -2.58. The molecule has 13 aromatic rings. The molecule has 770 valence electrons. The van der Waals surface area contributed by atoms with Gasteiger partial charge in [-0.15, -0.1) is 10.2 Å². The third kappa shape index (κ3) is 18.4. The highest BCUT2D eigenvalue weighted by Crippen LogP contribution is 2.68. The summed E-state index contributed by atoms with van der Waals surface area (Å²) < 4.78 is 118. The van der Waals surface area contributed by atoms with E-state index in [1.807, 2.05) is 18.2 Å². The number of ether oxygens (including phenoxy) is 10. The molecule has 6 bridgehead atoms. The second-order valence-corrected chi connectivity index (χ2v) is 47.5. The molecule has 1 amide bonds. The predicted octanol–water partition coefficient (Wildman–Crippen LogP) is 13.0. The van der Waals surface area contributed by atoms with E-state index in [9.17, 15) is 61.9 Å². The van der Waals surface area contributed by atoms with E-state index in [1.165, 1.54) is 121 Å². The Bertz CT molecular complexity index is 7870. The summed E-state index contributed by atoms with van der Waals surface area (Å²) in [5.41, 5.74) is -3.53. The number of nitrogens with one attached hydrogen (secondary N) is 4. The average Bonchev–Trinajstić information content (AvgIpc) is 1.71. The zero-order valence-electron chi connectivity index (χ0n) is 82.6. The molecule has 6 aliphatic heterocycles. The Hall–Kier alpha value is -11.2. The molecule has 10 aliphatic rings. The number of benzene rings is 8. The van der Waals surface area contributed by atoms with Crippen molar-refractivity contribution >= 4 is 93.5 Å². The first-order valence-corrected chi connectivity index (χ1v) is 55.5. The van der Waals surface area contributed by atoms with Gasteiger partial charge >= 0.3 is 45.9 Å². The number of allylic oxidation sites excluding steroid dienone is 1. The number of H-pyrrole nitrogens is 3. The van der Waals surface area contributed by atoms with Gasteiger partial charge in [-0.1, -0.05) is 191 Å². The van der Waals surface area contributed by atoms with Crippen LogP contribution in [0.1, 0.15) is 135 Å². The SMILES string of the molecule is COC[C@]12CO[C@@H](C1OP(C)(=O)O)[C@H](n1cc(-c3cn(-c4ccc5ccc6cccc7ccc4c5c67)nn3)c(=O)[nH]c1=O)O2.COC[C@]12CO[C@@H](C1OP(C)(=O)O)[C@H](n1cc(-c3cn(Cc4ccc5ccc6cccc7ccc4c5c67)nn3)c(=O)[nH]c1=O)O2.COC[C@]12CO[C@@H](C1OP(C)(=O)O)[C@H](n1cc(C#CCNC(=O)O[C@H]3CC[C@@]4(C)C(=CC[C@H]5[C@@H]6CC[C@H](C(C)CCCC(C)C)[C@@]6(C)CC[C@@H]54)C3)c(=O)[nH]c1=O)O2. The molecule has 11 heterocycles. The molecule has 0 radical (unpaired) electrons.